The van der Waals surface area contributed by atoms with E-state index in [0.717, 1.165) is 25.7 Å². The van der Waals surface area contributed by atoms with E-state index in [-0.39, 0.29) is 23.6 Å². The highest BCUT2D eigenvalue weighted by Gasteiger charge is 2.33. The molecule has 0 bridgehead atoms. The first-order valence-corrected chi connectivity index (χ1v) is 7.96. The molecule has 118 valence electrons. The number of ketones is 1. The predicted molar refractivity (Wildman–Crippen MR) is 82.4 cm³/mol. The van der Waals surface area contributed by atoms with E-state index < -0.39 is 0 Å². The highest BCUT2D eigenvalue weighted by atomic mass is 16.5. The van der Waals surface area contributed by atoms with E-state index in [2.05, 4.69) is 34.6 Å². The van der Waals surface area contributed by atoms with Crippen molar-refractivity contribution in [1.29, 1.82) is 0 Å². The van der Waals surface area contributed by atoms with Crippen LogP contribution < -0.4 is 0 Å². The molecule has 0 heterocycles. The zero-order valence-corrected chi connectivity index (χ0v) is 14.1. The van der Waals surface area contributed by atoms with Gasteiger partial charge < -0.3 is 4.74 Å². The fourth-order valence-corrected chi connectivity index (χ4v) is 2.48. The van der Waals surface area contributed by atoms with Crippen molar-refractivity contribution in [2.75, 3.05) is 6.61 Å². The summed E-state index contributed by atoms with van der Waals surface area (Å²) in [6.07, 6.45) is 3.37. The largest absolute Gasteiger partial charge is 0.465 e. The number of hydrogen-bond acceptors (Lipinski definition) is 3. The lowest BCUT2D eigenvalue weighted by atomic mass is 9.78. The van der Waals surface area contributed by atoms with Crippen LogP contribution in [0.15, 0.2) is 0 Å². The van der Waals surface area contributed by atoms with Gasteiger partial charge in [0.05, 0.1) is 12.5 Å². The van der Waals surface area contributed by atoms with Crippen LogP contribution in [0.25, 0.3) is 0 Å². The molecule has 3 nitrogen and oxygen atoms in total. The molecule has 0 aromatic rings. The summed E-state index contributed by atoms with van der Waals surface area (Å²) < 4.78 is 5.37. The Bertz CT molecular complexity index is 295. The molecular formula is C17H32O3. The van der Waals surface area contributed by atoms with E-state index in [0.29, 0.717) is 18.4 Å². The van der Waals surface area contributed by atoms with Crippen LogP contribution in [0.4, 0.5) is 0 Å². The number of carbonyl (C=O) groups excluding carboxylic acids is 2. The van der Waals surface area contributed by atoms with Crippen LogP contribution in [0, 0.1) is 23.7 Å². The molecule has 0 aromatic carbocycles. The zero-order chi connectivity index (χ0) is 15.7. The number of rotatable bonds is 10. The highest BCUT2D eigenvalue weighted by Crippen LogP contribution is 2.28. The van der Waals surface area contributed by atoms with Gasteiger partial charge in [0.15, 0.2) is 0 Å². The van der Waals surface area contributed by atoms with Gasteiger partial charge in [-0.1, -0.05) is 41.0 Å². The maximum absolute atomic E-state index is 12.3. The van der Waals surface area contributed by atoms with Crippen LogP contribution in [-0.4, -0.2) is 18.4 Å². The van der Waals surface area contributed by atoms with Crippen molar-refractivity contribution in [3.05, 3.63) is 0 Å². The van der Waals surface area contributed by atoms with Crippen molar-refractivity contribution in [2.24, 2.45) is 23.7 Å². The van der Waals surface area contributed by atoms with Gasteiger partial charge in [-0.15, -0.1) is 0 Å². The molecule has 0 amide bonds. The minimum absolute atomic E-state index is 0.108. The number of ether oxygens (including phenoxy) is 1. The molecule has 0 rings (SSSR count). The van der Waals surface area contributed by atoms with Gasteiger partial charge in [0, 0.05) is 5.92 Å². The average molecular weight is 284 g/mol. The first-order valence-electron chi connectivity index (χ1n) is 7.96. The van der Waals surface area contributed by atoms with Gasteiger partial charge in [-0.2, -0.15) is 0 Å². The number of Topliss-reactive ketones (excluding diaryl/α,β-unsaturated/α-hetero) is 1. The van der Waals surface area contributed by atoms with Crippen molar-refractivity contribution in [2.45, 2.75) is 67.2 Å². The van der Waals surface area contributed by atoms with Crippen LogP contribution in [0.3, 0.4) is 0 Å². The van der Waals surface area contributed by atoms with Crippen LogP contribution in [0.5, 0.6) is 0 Å². The Hall–Kier alpha value is -0.860. The smallest absolute Gasteiger partial charge is 0.309 e. The van der Waals surface area contributed by atoms with Gasteiger partial charge >= 0.3 is 5.97 Å². The Labute approximate surface area is 124 Å². The normalized spacial score (nSPS) is 14.4. The van der Waals surface area contributed by atoms with E-state index in [1.54, 1.807) is 6.92 Å². The maximum atomic E-state index is 12.3. The second-order valence-corrected chi connectivity index (χ2v) is 6.60. The minimum Gasteiger partial charge on any atom is -0.465 e. The van der Waals surface area contributed by atoms with E-state index in [1.165, 1.54) is 0 Å². The molecule has 0 radical (unpaired) electrons. The zero-order valence-electron chi connectivity index (χ0n) is 14.1. The summed E-state index contributed by atoms with van der Waals surface area (Å²) in [7, 11) is 0. The van der Waals surface area contributed by atoms with Gasteiger partial charge in [0.1, 0.15) is 5.78 Å². The molecule has 0 aliphatic heterocycles. The quantitative estimate of drug-likeness (QED) is 0.445. The lowest BCUT2D eigenvalue weighted by Gasteiger charge is -2.26. The van der Waals surface area contributed by atoms with Crippen molar-refractivity contribution < 1.29 is 14.3 Å². The van der Waals surface area contributed by atoms with Gasteiger partial charge in [0.2, 0.25) is 0 Å². The summed E-state index contributed by atoms with van der Waals surface area (Å²) in [4.78, 5) is 24.2. The molecule has 2 atom stereocenters. The van der Waals surface area contributed by atoms with Crippen molar-refractivity contribution in [3.63, 3.8) is 0 Å². The molecule has 0 aliphatic carbocycles. The molecule has 20 heavy (non-hydrogen) atoms. The Morgan fingerprint density at radius 3 is 1.85 bits per heavy atom. The van der Waals surface area contributed by atoms with E-state index in [4.69, 9.17) is 4.74 Å². The van der Waals surface area contributed by atoms with Crippen LogP contribution in [0.1, 0.15) is 67.2 Å². The average Bonchev–Trinajstić information content (AvgIpc) is 2.32. The van der Waals surface area contributed by atoms with Crippen LogP contribution in [-0.2, 0) is 14.3 Å². The summed E-state index contributed by atoms with van der Waals surface area (Å²) in [6, 6.07) is 0. The van der Waals surface area contributed by atoms with Gasteiger partial charge in [-0.3, -0.25) is 9.59 Å². The van der Waals surface area contributed by atoms with Crippen LogP contribution >= 0.6 is 0 Å². The van der Waals surface area contributed by atoms with E-state index >= 15 is 0 Å². The molecule has 3 heteroatoms. The van der Waals surface area contributed by atoms with E-state index in [1.807, 2.05) is 0 Å². The second-order valence-electron chi connectivity index (χ2n) is 6.60. The SMILES string of the molecule is CCCCOC(=O)C(CC(C)C)C(CC(C)C)C(C)=O. The summed E-state index contributed by atoms with van der Waals surface area (Å²) in [6.45, 7) is 12.5. The lowest BCUT2D eigenvalue weighted by Crippen LogP contribution is -2.32. The number of hydrogen-bond donors (Lipinski definition) is 0. The van der Waals surface area contributed by atoms with Crippen molar-refractivity contribution in [3.8, 4) is 0 Å². The lowest BCUT2D eigenvalue weighted by molar-refractivity contribution is -0.153. The molecule has 0 N–H and O–H groups in total. The summed E-state index contributed by atoms with van der Waals surface area (Å²) in [5.41, 5.74) is 0. The van der Waals surface area contributed by atoms with Gasteiger partial charge in [-0.05, 0) is 38.0 Å². The molecule has 0 aromatic heterocycles. The first kappa shape index (κ1) is 19.1. The third-order valence-electron chi connectivity index (χ3n) is 3.50. The number of carbonyl (C=O) groups is 2. The molecule has 2 unspecified atom stereocenters. The third kappa shape index (κ3) is 7.66. The standard InChI is InChI=1S/C17H32O3/c1-7-8-9-20-17(19)16(11-13(4)5)15(14(6)18)10-12(2)3/h12-13,15-16H,7-11H2,1-6H3. The fraction of sp³-hybridized carbons (Fsp3) is 0.882. The fourth-order valence-electron chi connectivity index (χ4n) is 2.48. The summed E-state index contributed by atoms with van der Waals surface area (Å²) in [5, 5.41) is 0. The molecule has 0 saturated heterocycles. The summed E-state index contributed by atoms with van der Waals surface area (Å²) in [5.74, 6) is 0.220. The monoisotopic (exact) mass is 284 g/mol. The van der Waals surface area contributed by atoms with E-state index in [9.17, 15) is 9.59 Å². The van der Waals surface area contributed by atoms with Crippen LogP contribution in [0.2, 0.25) is 0 Å². The Kier molecular flexibility index (Phi) is 9.52. The summed E-state index contributed by atoms with van der Waals surface area (Å²) >= 11 is 0. The maximum Gasteiger partial charge on any atom is 0.309 e. The molecule has 0 fully saturated rings. The van der Waals surface area contributed by atoms with Gasteiger partial charge in [0.25, 0.3) is 0 Å². The highest BCUT2D eigenvalue weighted by molar-refractivity contribution is 5.85. The Balaban J connectivity index is 4.88. The Morgan fingerprint density at radius 2 is 1.45 bits per heavy atom. The first-order chi connectivity index (χ1) is 9.29. The van der Waals surface area contributed by atoms with Crippen molar-refractivity contribution >= 4 is 11.8 Å². The molecular weight excluding hydrogens is 252 g/mol. The third-order valence-corrected chi connectivity index (χ3v) is 3.50. The topological polar surface area (TPSA) is 43.4 Å². The molecule has 0 aliphatic rings. The minimum atomic E-state index is -0.285. The van der Waals surface area contributed by atoms with Crippen molar-refractivity contribution in [1.82, 2.24) is 0 Å². The number of unbranched alkanes of at least 4 members (excludes halogenated alkanes) is 1. The predicted octanol–water partition coefficient (Wildman–Crippen LogP) is 4.24. The molecule has 0 spiro atoms. The Morgan fingerprint density at radius 1 is 0.950 bits per heavy atom. The number of esters is 1. The molecule has 0 saturated carbocycles. The van der Waals surface area contributed by atoms with Gasteiger partial charge in [-0.25, -0.2) is 0 Å². The second kappa shape index (κ2) is 9.95.